The molecule has 0 unspecified atom stereocenters. The lowest BCUT2D eigenvalue weighted by atomic mass is 10.2. The van der Waals surface area contributed by atoms with E-state index in [1.54, 1.807) is 4.90 Å². The van der Waals surface area contributed by atoms with Crippen molar-refractivity contribution in [3.63, 3.8) is 0 Å². The van der Waals surface area contributed by atoms with Crippen LogP contribution in [0.4, 0.5) is 10.3 Å². The molecule has 7 nitrogen and oxygen atoms in total. The fourth-order valence-electron chi connectivity index (χ4n) is 2.70. The molecule has 28 heavy (non-hydrogen) atoms. The number of anilines is 2. The molecular formula is C18H19N5O2S3. The van der Waals surface area contributed by atoms with E-state index in [1.165, 1.54) is 40.0 Å². The van der Waals surface area contributed by atoms with Crippen molar-refractivity contribution in [1.29, 1.82) is 0 Å². The molecule has 2 aromatic heterocycles. The summed E-state index contributed by atoms with van der Waals surface area (Å²) in [5, 5.41) is 12.4. The average Bonchev–Trinajstić information content (AvgIpc) is 3.25. The molecule has 1 N–H and O–H groups in total. The van der Waals surface area contributed by atoms with Crippen LogP contribution in [0.2, 0.25) is 0 Å². The SMILES string of the molecule is CCC(=O)N(c1nnc(SCC(=O)Nc2nc3ccc(C)cc3s2)s1)C1CC1. The zero-order chi connectivity index (χ0) is 19.7. The number of rotatable bonds is 7. The van der Waals surface area contributed by atoms with Crippen molar-refractivity contribution in [1.82, 2.24) is 15.2 Å². The van der Waals surface area contributed by atoms with Crippen LogP contribution in [0.1, 0.15) is 31.7 Å². The Morgan fingerprint density at radius 2 is 2.11 bits per heavy atom. The Kier molecular flexibility index (Phi) is 5.61. The number of amides is 2. The molecule has 0 radical (unpaired) electrons. The van der Waals surface area contributed by atoms with Crippen molar-refractivity contribution in [3.8, 4) is 0 Å². The van der Waals surface area contributed by atoms with Crippen LogP contribution in [0.25, 0.3) is 10.2 Å². The number of aromatic nitrogens is 3. The Morgan fingerprint density at radius 1 is 1.29 bits per heavy atom. The van der Waals surface area contributed by atoms with Crippen LogP contribution >= 0.6 is 34.4 Å². The highest BCUT2D eigenvalue weighted by molar-refractivity contribution is 8.01. The molecule has 0 aliphatic heterocycles. The van der Waals surface area contributed by atoms with Gasteiger partial charge in [-0.25, -0.2) is 4.98 Å². The van der Waals surface area contributed by atoms with Crippen LogP contribution in [-0.4, -0.2) is 38.8 Å². The summed E-state index contributed by atoms with van der Waals surface area (Å²) in [6.07, 6.45) is 2.47. The minimum atomic E-state index is -0.138. The summed E-state index contributed by atoms with van der Waals surface area (Å²) >= 11 is 4.14. The molecule has 2 heterocycles. The Labute approximate surface area is 174 Å². The maximum Gasteiger partial charge on any atom is 0.236 e. The van der Waals surface area contributed by atoms with Gasteiger partial charge in [0.2, 0.25) is 16.9 Å². The van der Waals surface area contributed by atoms with Crippen molar-refractivity contribution in [3.05, 3.63) is 23.8 Å². The zero-order valence-corrected chi connectivity index (χ0v) is 17.9. The first-order valence-corrected chi connectivity index (χ1v) is 11.6. The van der Waals surface area contributed by atoms with Crippen LogP contribution < -0.4 is 10.2 Å². The maximum absolute atomic E-state index is 12.3. The number of carbonyl (C=O) groups is 2. The first kappa shape index (κ1) is 19.3. The molecule has 146 valence electrons. The average molecular weight is 434 g/mol. The lowest BCUT2D eigenvalue weighted by Crippen LogP contribution is -2.32. The Hall–Kier alpha value is -2.04. The van der Waals surface area contributed by atoms with Crippen LogP contribution in [-0.2, 0) is 9.59 Å². The molecule has 4 rings (SSSR count). The molecule has 0 atom stereocenters. The van der Waals surface area contributed by atoms with E-state index >= 15 is 0 Å². The quantitative estimate of drug-likeness (QED) is 0.446. The Morgan fingerprint density at radius 3 is 2.86 bits per heavy atom. The fourth-order valence-corrected chi connectivity index (χ4v) is 5.41. The van der Waals surface area contributed by atoms with Gasteiger partial charge in [-0.15, -0.1) is 10.2 Å². The first-order valence-electron chi connectivity index (χ1n) is 8.99. The van der Waals surface area contributed by atoms with Crippen molar-refractivity contribution < 1.29 is 9.59 Å². The van der Waals surface area contributed by atoms with Gasteiger partial charge in [0.05, 0.1) is 16.0 Å². The standard InChI is InChI=1S/C18H19N5O2S3/c1-3-15(25)23(11-5-6-11)17-21-22-18(28-17)26-9-14(24)20-16-19-12-7-4-10(2)8-13(12)27-16/h4,7-8,11H,3,5-6,9H2,1-2H3,(H,19,20,24). The summed E-state index contributed by atoms with van der Waals surface area (Å²) in [5.41, 5.74) is 2.05. The highest BCUT2D eigenvalue weighted by atomic mass is 32.2. The lowest BCUT2D eigenvalue weighted by Gasteiger charge is -2.17. The minimum absolute atomic E-state index is 0.0685. The number of thiazole rings is 1. The van der Waals surface area contributed by atoms with Crippen LogP contribution in [0, 0.1) is 6.92 Å². The van der Waals surface area contributed by atoms with E-state index in [0.717, 1.165) is 23.1 Å². The third-order valence-electron chi connectivity index (χ3n) is 4.20. The Balaban J connectivity index is 1.35. The zero-order valence-electron chi connectivity index (χ0n) is 15.5. The van der Waals surface area contributed by atoms with Crippen molar-refractivity contribution in [2.24, 2.45) is 0 Å². The first-order chi connectivity index (χ1) is 13.5. The van der Waals surface area contributed by atoms with E-state index in [2.05, 4.69) is 26.6 Å². The summed E-state index contributed by atoms with van der Waals surface area (Å²) in [5.74, 6) is 0.148. The second-order valence-corrected chi connectivity index (χ2v) is 9.74. The van der Waals surface area contributed by atoms with Gasteiger partial charge in [-0.1, -0.05) is 47.4 Å². The second-order valence-electron chi connectivity index (χ2n) is 6.53. The van der Waals surface area contributed by atoms with E-state index in [1.807, 2.05) is 26.0 Å². The monoisotopic (exact) mass is 433 g/mol. The lowest BCUT2D eigenvalue weighted by molar-refractivity contribution is -0.118. The molecule has 1 aromatic carbocycles. The third kappa shape index (κ3) is 4.34. The number of hydrogen-bond donors (Lipinski definition) is 1. The molecule has 2 amide bonds. The normalized spacial score (nSPS) is 13.6. The number of fused-ring (bicyclic) bond motifs is 1. The molecular weight excluding hydrogens is 414 g/mol. The van der Waals surface area contributed by atoms with E-state index in [-0.39, 0.29) is 23.6 Å². The fraction of sp³-hybridized carbons (Fsp3) is 0.389. The largest absolute Gasteiger partial charge is 0.301 e. The van der Waals surface area contributed by atoms with E-state index < -0.39 is 0 Å². The number of carbonyl (C=O) groups excluding carboxylic acids is 2. The smallest absolute Gasteiger partial charge is 0.236 e. The number of aryl methyl sites for hydroxylation is 1. The minimum Gasteiger partial charge on any atom is -0.301 e. The summed E-state index contributed by atoms with van der Waals surface area (Å²) < 4.78 is 1.73. The number of benzene rings is 1. The van der Waals surface area contributed by atoms with E-state index in [0.29, 0.717) is 21.0 Å². The molecule has 1 fully saturated rings. The predicted octanol–water partition coefficient (Wildman–Crippen LogP) is 4.09. The molecule has 1 aliphatic rings. The van der Waals surface area contributed by atoms with Gasteiger partial charge in [-0.05, 0) is 37.5 Å². The molecule has 1 aliphatic carbocycles. The molecule has 0 saturated heterocycles. The van der Waals surface area contributed by atoms with Crippen LogP contribution in [0.15, 0.2) is 22.5 Å². The summed E-state index contributed by atoms with van der Waals surface area (Å²) in [4.78, 5) is 30.6. The summed E-state index contributed by atoms with van der Waals surface area (Å²) in [7, 11) is 0. The van der Waals surface area contributed by atoms with Gasteiger partial charge in [0.25, 0.3) is 0 Å². The van der Waals surface area contributed by atoms with Gasteiger partial charge in [-0.2, -0.15) is 0 Å². The predicted molar refractivity (Wildman–Crippen MR) is 114 cm³/mol. The van der Waals surface area contributed by atoms with Gasteiger partial charge < -0.3 is 5.32 Å². The Bertz CT molecular complexity index is 1030. The molecule has 0 spiro atoms. The molecule has 0 bridgehead atoms. The van der Waals surface area contributed by atoms with Crippen molar-refractivity contribution in [2.45, 2.75) is 43.5 Å². The number of nitrogens with one attached hydrogen (secondary N) is 1. The third-order valence-corrected chi connectivity index (χ3v) is 7.19. The van der Waals surface area contributed by atoms with Crippen molar-refractivity contribution >= 4 is 66.7 Å². The van der Waals surface area contributed by atoms with Gasteiger partial charge in [0, 0.05) is 12.5 Å². The number of hydrogen-bond acceptors (Lipinski definition) is 8. The van der Waals surface area contributed by atoms with Crippen molar-refractivity contribution in [2.75, 3.05) is 16.0 Å². The van der Waals surface area contributed by atoms with Gasteiger partial charge in [0.1, 0.15) is 0 Å². The summed E-state index contributed by atoms with van der Waals surface area (Å²) in [6, 6.07) is 6.27. The van der Waals surface area contributed by atoms with E-state index in [9.17, 15) is 9.59 Å². The highest BCUT2D eigenvalue weighted by Gasteiger charge is 2.35. The van der Waals surface area contributed by atoms with E-state index in [4.69, 9.17) is 0 Å². The van der Waals surface area contributed by atoms with Gasteiger partial charge >= 0.3 is 0 Å². The highest BCUT2D eigenvalue weighted by Crippen LogP contribution is 2.36. The molecule has 3 aromatic rings. The number of thioether (sulfide) groups is 1. The second kappa shape index (κ2) is 8.14. The molecule has 1 saturated carbocycles. The number of nitrogens with zero attached hydrogens (tertiary/aromatic N) is 4. The van der Waals surface area contributed by atoms with Crippen LogP contribution in [0.5, 0.6) is 0 Å². The topological polar surface area (TPSA) is 88.1 Å². The summed E-state index contributed by atoms with van der Waals surface area (Å²) in [6.45, 7) is 3.88. The maximum atomic E-state index is 12.3. The molecule has 10 heteroatoms. The van der Waals surface area contributed by atoms with Gasteiger partial charge in [0.15, 0.2) is 9.47 Å². The van der Waals surface area contributed by atoms with Gasteiger partial charge in [-0.3, -0.25) is 14.5 Å². The van der Waals surface area contributed by atoms with Crippen LogP contribution in [0.3, 0.4) is 0 Å².